The van der Waals surface area contributed by atoms with Crippen LogP contribution in [0.1, 0.15) is 39.0 Å². The van der Waals surface area contributed by atoms with E-state index in [9.17, 15) is 9.59 Å². The molecule has 0 aromatic heterocycles. The number of hydrogen-bond donors (Lipinski definition) is 2. The van der Waals surface area contributed by atoms with Crippen LogP contribution in [-0.2, 0) is 9.59 Å². The summed E-state index contributed by atoms with van der Waals surface area (Å²) in [6.45, 7) is 2.54. The number of rotatable bonds is 7. The maximum atomic E-state index is 10.8. The molecule has 0 aromatic carbocycles. The summed E-state index contributed by atoms with van der Waals surface area (Å²) >= 11 is 3.66. The van der Waals surface area contributed by atoms with Crippen molar-refractivity contribution in [3.63, 3.8) is 0 Å². The smallest absolute Gasteiger partial charge is 0.219 e. The molecule has 0 aromatic rings. The lowest BCUT2D eigenvalue weighted by molar-refractivity contribution is -0.120. The molecule has 0 fully saturated rings. The molecule has 0 saturated carbocycles. The van der Waals surface area contributed by atoms with Gasteiger partial charge in [0.15, 0.2) is 5.12 Å². The van der Waals surface area contributed by atoms with Gasteiger partial charge < -0.3 is 5.32 Å². The average molecular weight is 203 g/mol. The Morgan fingerprint density at radius 3 is 2.46 bits per heavy atom. The molecule has 0 bridgehead atoms. The Morgan fingerprint density at radius 2 is 1.92 bits per heavy atom. The minimum Gasteiger partial charge on any atom is -0.356 e. The molecule has 0 aliphatic heterocycles. The second-order valence-corrected chi connectivity index (χ2v) is 3.41. The van der Waals surface area contributed by atoms with Gasteiger partial charge in [-0.3, -0.25) is 9.59 Å². The predicted octanol–water partition coefficient (Wildman–Crippen LogP) is 1.53. The normalized spacial score (nSPS) is 9.69. The Balaban J connectivity index is 3.08. The number of thiol groups is 1. The van der Waals surface area contributed by atoms with Gasteiger partial charge in [-0.15, -0.1) is 12.6 Å². The van der Waals surface area contributed by atoms with Gasteiger partial charge in [0.25, 0.3) is 0 Å². The van der Waals surface area contributed by atoms with E-state index in [1.807, 2.05) is 6.92 Å². The highest BCUT2D eigenvalue weighted by Gasteiger charge is 1.96. The lowest BCUT2D eigenvalue weighted by Crippen LogP contribution is -2.23. The average Bonchev–Trinajstić information content (AvgIpc) is 2.10. The van der Waals surface area contributed by atoms with Crippen molar-refractivity contribution in [3.05, 3.63) is 0 Å². The molecule has 0 radical (unpaired) electrons. The molecule has 0 atom stereocenters. The molecule has 13 heavy (non-hydrogen) atoms. The Bertz CT molecular complexity index is 171. The molecule has 0 aliphatic carbocycles. The minimum atomic E-state index is -0.0578. The van der Waals surface area contributed by atoms with Crippen molar-refractivity contribution >= 4 is 23.7 Å². The molecule has 0 saturated heterocycles. The summed E-state index contributed by atoms with van der Waals surface area (Å²) in [4.78, 5) is 21.2. The first-order valence-electron chi connectivity index (χ1n) is 4.65. The summed E-state index contributed by atoms with van der Waals surface area (Å²) in [6, 6.07) is 0. The van der Waals surface area contributed by atoms with E-state index in [2.05, 4.69) is 17.9 Å². The molecule has 0 heterocycles. The second kappa shape index (κ2) is 8.10. The first kappa shape index (κ1) is 12.5. The van der Waals surface area contributed by atoms with Crippen molar-refractivity contribution < 1.29 is 9.59 Å². The van der Waals surface area contributed by atoms with Crippen molar-refractivity contribution in [2.24, 2.45) is 0 Å². The zero-order valence-corrected chi connectivity index (χ0v) is 8.90. The molecular weight excluding hydrogens is 186 g/mol. The topological polar surface area (TPSA) is 46.2 Å². The fourth-order valence-electron chi connectivity index (χ4n) is 0.931. The third kappa shape index (κ3) is 9.40. The molecule has 0 aliphatic rings. The number of hydrogen-bond acceptors (Lipinski definition) is 2. The summed E-state index contributed by atoms with van der Waals surface area (Å²) < 4.78 is 0. The van der Waals surface area contributed by atoms with E-state index in [0.717, 1.165) is 19.3 Å². The van der Waals surface area contributed by atoms with E-state index >= 15 is 0 Å². The summed E-state index contributed by atoms with van der Waals surface area (Å²) in [6.07, 6.45) is 3.84. The van der Waals surface area contributed by atoms with Crippen molar-refractivity contribution in [1.29, 1.82) is 0 Å². The van der Waals surface area contributed by atoms with E-state index in [4.69, 9.17) is 0 Å². The van der Waals surface area contributed by atoms with Gasteiger partial charge in [-0.1, -0.05) is 13.3 Å². The van der Waals surface area contributed by atoms with Crippen LogP contribution in [0.25, 0.3) is 0 Å². The lowest BCUT2D eigenvalue weighted by Gasteiger charge is -2.02. The van der Waals surface area contributed by atoms with Gasteiger partial charge in [-0.05, 0) is 12.8 Å². The van der Waals surface area contributed by atoms with Crippen LogP contribution in [0.15, 0.2) is 0 Å². The van der Waals surface area contributed by atoms with Gasteiger partial charge in [0, 0.05) is 19.4 Å². The number of unbranched alkanes of at least 4 members (excludes halogenated alkanes) is 2. The zero-order valence-electron chi connectivity index (χ0n) is 8.01. The molecular formula is C9H17NO2S. The molecule has 3 nitrogen and oxygen atoms in total. The van der Waals surface area contributed by atoms with Crippen molar-refractivity contribution in [1.82, 2.24) is 5.32 Å². The van der Waals surface area contributed by atoms with Gasteiger partial charge in [0.05, 0.1) is 0 Å². The fraction of sp³-hybridized carbons (Fsp3) is 0.778. The first-order valence-corrected chi connectivity index (χ1v) is 5.10. The standard InChI is InChI=1S/C9H17NO2S/c1-2-8(11)10-7-5-3-4-6-9(12)13/h2-7H2,1H3,(H,10,11)(H,12,13). The van der Waals surface area contributed by atoms with E-state index in [1.165, 1.54) is 0 Å². The van der Waals surface area contributed by atoms with Gasteiger partial charge in [-0.25, -0.2) is 0 Å². The fourth-order valence-corrected chi connectivity index (χ4v) is 1.09. The molecule has 76 valence electrons. The van der Waals surface area contributed by atoms with Crippen LogP contribution in [-0.4, -0.2) is 17.6 Å². The second-order valence-electron chi connectivity index (χ2n) is 2.91. The van der Waals surface area contributed by atoms with E-state index in [1.54, 1.807) is 0 Å². The highest BCUT2D eigenvalue weighted by atomic mass is 32.1. The zero-order chi connectivity index (χ0) is 10.1. The number of carbonyl (C=O) groups is 2. The Labute approximate surface area is 84.7 Å². The van der Waals surface area contributed by atoms with Crippen LogP contribution in [0.3, 0.4) is 0 Å². The molecule has 1 N–H and O–H groups in total. The highest BCUT2D eigenvalue weighted by molar-refractivity contribution is 7.96. The quantitative estimate of drug-likeness (QED) is 0.487. The van der Waals surface area contributed by atoms with E-state index in [0.29, 0.717) is 19.4 Å². The van der Waals surface area contributed by atoms with Crippen LogP contribution in [0, 0.1) is 0 Å². The van der Waals surface area contributed by atoms with Crippen LogP contribution < -0.4 is 5.32 Å². The van der Waals surface area contributed by atoms with Gasteiger partial charge in [0.1, 0.15) is 0 Å². The van der Waals surface area contributed by atoms with Crippen molar-refractivity contribution in [2.45, 2.75) is 39.0 Å². The number of nitrogens with one attached hydrogen (secondary N) is 1. The maximum Gasteiger partial charge on any atom is 0.219 e. The minimum absolute atomic E-state index is 0.0578. The molecule has 1 amide bonds. The summed E-state index contributed by atoms with van der Waals surface area (Å²) in [5.41, 5.74) is 0. The summed E-state index contributed by atoms with van der Waals surface area (Å²) in [5.74, 6) is 0.0882. The maximum absolute atomic E-state index is 10.8. The molecule has 0 rings (SSSR count). The molecule has 0 unspecified atom stereocenters. The molecule has 4 heteroatoms. The van der Waals surface area contributed by atoms with Crippen LogP contribution in [0.5, 0.6) is 0 Å². The Kier molecular flexibility index (Phi) is 7.79. The van der Waals surface area contributed by atoms with Crippen molar-refractivity contribution in [2.75, 3.05) is 6.54 Å². The van der Waals surface area contributed by atoms with E-state index < -0.39 is 0 Å². The SMILES string of the molecule is CCC(=O)NCCCCCC(=O)S. The highest BCUT2D eigenvalue weighted by Crippen LogP contribution is 2.01. The Morgan fingerprint density at radius 1 is 1.23 bits per heavy atom. The van der Waals surface area contributed by atoms with Crippen LogP contribution in [0.2, 0.25) is 0 Å². The summed E-state index contributed by atoms with van der Waals surface area (Å²) in [5, 5.41) is 2.72. The lowest BCUT2D eigenvalue weighted by atomic mass is 10.2. The van der Waals surface area contributed by atoms with Gasteiger partial charge >= 0.3 is 0 Å². The van der Waals surface area contributed by atoms with Gasteiger partial charge in [-0.2, -0.15) is 0 Å². The molecule has 0 spiro atoms. The largest absolute Gasteiger partial charge is 0.356 e. The monoisotopic (exact) mass is 203 g/mol. The van der Waals surface area contributed by atoms with Gasteiger partial charge in [0.2, 0.25) is 5.91 Å². The third-order valence-corrected chi connectivity index (χ3v) is 1.93. The van der Waals surface area contributed by atoms with Crippen LogP contribution in [0.4, 0.5) is 0 Å². The van der Waals surface area contributed by atoms with Crippen LogP contribution >= 0.6 is 12.6 Å². The van der Waals surface area contributed by atoms with E-state index in [-0.39, 0.29) is 11.0 Å². The third-order valence-electron chi connectivity index (χ3n) is 1.71. The predicted molar refractivity (Wildman–Crippen MR) is 55.8 cm³/mol. The number of amides is 1. The van der Waals surface area contributed by atoms with Crippen molar-refractivity contribution in [3.8, 4) is 0 Å². The summed E-state index contributed by atoms with van der Waals surface area (Å²) in [7, 11) is 0. The Hall–Kier alpha value is -0.510. The first-order chi connectivity index (χ1) is 6.16. The number of carbonyl (C=O) groups excluding carboxylic acids is 2.